The summed E-state index contributed by atoms with van der Waals surface area (Å²) in [5, 5.41) is 26.2. The molecule has 0 saturated heterocycles. The first-order valence-electron chi connectivity index (χ1n) is 6.83. The molecule has 118 valence electrons. The second kappa shape index (κ2) is 7.28. The summed E-state index contributed by atoms with van der Waals surface area (Å²) < 4.78 is 10.4. The number of aliphatic hydroxyl groups is 1. The molecule has 21 heavy (non-hydrogen) atoms. The Labute approximate surface area is 125 Å². The fraction of sp³-hybridized carbons (Fsp3) is 0.533. The summed E-state index contributed by atoms with van der Waals surface area (Å²) in [4.78, 5) is 0. The van der Waals surface area contributed by atoms with Crippen LogP contribution in [0.1, 0.15) is 18.9 Å². The highest BCUT2D eigenvalue weighted by molar-refractivity contribution is 5.93. The van der Waals surface area contributed by atoms with Crippen LogP contribution in [0.2, 0.25) is 0 Å². The fourth-order valence-corrected chi connectivity index (χ4v) is 1.96. The van der Waals surface area contributed by atoms with Crippen molar-refractivity contribution < 1.29 is 24.3 Å². The van der Waals surface area contributed by atoms with Crippen molar-refractivity contribution in [1.29, 1.82) is 0 Å². The molecule has 1 unspecified atom stereocenters. The van der Waals surface area contributed by atoms with Crippen molar-refractivity contribution >= 4 is 5.90 Å². The Hall–Kier alpha value is -1.79. The lowest BCUT2D eigenvalue weighted by Crippen LogP contribution is -2.43. The van der Waals surface area contributed by atoms with E-state index in [1.807, 2.05) is 6.92 Å². The standard InChI is InChI=1S/C15H24N2O4/c1-6-11(18)10-17(2,3)16-15(19)13-8-7-12(20-4)9-14(13)21-5/h7-9,11,18H,6,10H2,1-5H3. The van der Waals surface area contributed by atoms with Crippen LogP contribution < -0.4 is 14.6 Å². The number of methoxy groups -OCH3 is 2. The van der Waals surface area contributed by atoms with Crippen LogP contribution in [-0.2, 0) is 0 Å². The molecule has 0 aliphatic carbocycles. The second-order valence-electron chi connectivity index (χ2n) is 5.34. The minimum Gasteiger partial charge on any atom is -0.854 e. The molecule has 0 aromatic heterocycles. The average Bonchev–Trinajstić information content (AvgIpc) is 2.45. The van der Waals surface area contributed by atoms with Gasteiger partial charge in [0.25, 0.3) is 0 Å². The summed E-state index contributed by atoms with van der Waals surface area (Å²) in [7, 11) is 6.58. The van der Waals surface area contributed by atoms with Crippen LogP contribution in [0, 0.1) is 0 Å². The molecule has 6 nitrogen and oxygen atoms in total. The van der Waals surface area contributed by atoms with Crippen LogP contribution in [0.4, 0.5) is 0 Å². The Balaban J connectivity index is 3.06. The Morgan fingerprint density at radius 2 is 2.00 bits per heavy atom. The number of ether oxygens (including phenoxy) is 2. The highest BCUT2D eigenvalue weighted by Gasteiger charge is 2.19. The predicted octanol–water partition coefficient (Wildman–Crippen LogP) is 0.573. The van der Waals surface area contributed by atoms with Gasteiger partial charge in [0.2, 0.25) is 0 Å². The topological polar surface area (TPSA) is 74.1 Å². The van der Waals surface area contributed by atoms with E-state index in [1.165, 1.54) is 7.11 Å². The zero-order valence-corrected chi connectivity index (χ0v) is 13.3. The van der Waals surface area contributed by atoms with Crippen LogP contribution in [0.3, 0.4) is 0 Å². The maximum absolute atomic E-state index is 12.3. The summed E-state index contributed by atoms with van der Waals surface area (Å²) in [6.07, 6.45) is 0.131. The van der Waals surface area contributed by atoms with Gasteiger partial charge in [0.05, 0.1) is 34.2 Å². The van der Waals surface area contributed by atoms with Crippen molar-refractivity contribution in [3.8, 4) is 11.5 Å². The molecule has 1 N–H and O–H groups in total. The van der Waals surface area contributed by atoms with Gasteiger partial charge in [-0.1, -0.05) is 12.0 Å². The molecule has 0 aliphatic rings. The number of hydrogen-bond acceptors (Lipinski definition) is 5. The summed E-state index contributed by atoms with van der Waals surface area (Å²) in [5.41, 5.74) is 0.371. The summed E-state index contributed by atoms with van der Waals surface area (Å²) in [6.45, 7) is 2.26. The number of aliphatic hydroxyl groups excluding tert-OH is 1. The summed E-state index contributed by atoms with van der Waals surface area (Å²) >= 11 is 0. The van der Waals surface area contributed by atoms with Crippen molar-refractivity contribution in [2.24, 2.45) is 5.10 Å². The van der Waals surface area contributed by atoms with Crippen LogP contribution in [0.25, 0.3) is 0 Å². The van der Waals surface area contributed by atoms with Gasteiger partial charge in [-0.2, -0.15) is 0 Å². The monoisotopic (exact) mass is 296 g/mol. The Kier molecular flexibility index (Phi) is 5.99. The van der Waals surface area contributed by atoms with E-state index in [4.69, 9.17) is 9.47 Å². The van der Waals surface area contributed by atoms with E-state index in [-0.39, 0.29) is 10.5 Å². The minimum atomic E-state index is -0.491. The molecule has 0 radical (unpaired) electrons. The molecule has 1 aromatic carbocycles. The van der Waals surface area contributed by atoms with Gasteiger partial charge in [0.15, 0.2) is 0 Å². The van der Waals surface area contributed by atoms with E-state index in [0.717, 1.165) is 0 Å². The third-order valence-corrected chi connectivity index (χ3v) is 3.13. The van der Waals surface area contributed by atoms with Gasteiger partial charge in [-0.15, -0.1) is 0 Å². The Bertz CT molecular complexity index is 500. The normalized spacial score (nSPS) is 13.9. The summed E-state index contributed by atoms with van der Waals surface area (Å²) in [6, 6.07) is 4.95. The van der Waals surface area contributed by atoms with Crippen molar-refractivity contribution in [3.63, 3.8) is 0 Å². The van der Waals surface area contributed by atoms with E-state index in [9.17, 15) is 10.2 Å². The third kappa shape index (κ3) is 4.91. The summed E-state index contributed by atoms with van der Waals surface area (Å²) in [5.74, 6) is 0.639. The number of quaternary nitrogens is 1. The van der Waals surface area contributed by atoms with Crippen LogP contribution in [-0.4, -0.2) is 56.6 Å². The molecule has 1 aromatic rings. The highest BCUT2D eigenvalue weighted by Crippen LogP contribution is 2.24. The molecule has 0 bridgehead atoms. The second-order valence-corrected chi connectivity index (χ2v) is 5.34. The first-order chi connectivity index (χ1) is 9.82. The Morgan fingerprint density at radius 3 is 2.52 bits per heavy atom. The average molecular weight is 296 g/mol. The third-order valence-electron chi connectivity index (χ3n) is 3.13. The zero-order chi connectivity index (χ0) is 16.0. The van der Waals surface area contributed by atoms with Crippen molar-refractivity contribution in [2.75, 3.05) is 34.9 Å². The van der Waals surface area contributed by atoms with Crippen LogP contribution >= 0.6 is 0 Å². The molecular formula is C15H24N2O4. The van der Waals surface area contributed by atoms with E-state index in [1.54, 1.807) is 39.4 Å². The van der Waals surface area contributed by atoms with E-state index < -0.39 is 6.10 Å². The first-order valence-corrected chi connectivity index (χ1v) is 6.83. The largest absolute Gasteiger partial charge is 0.854 e. The molecular weight excluding hydrogens is 272 g/mol. The lowest BCUT2D eigenvalue weighted by atomic mass is 10.2. The van der Waals surface area contributed by atoms with Gasteiger partial charge in [-0.3, -0.25) is 0 Å². The number of hydrogen-bond donors (Lipinski definition) is 1. The molecule has 0 saturated carbocycles. The van der Waals surface area contributed by atoms with Crippen molar-refractivity contribution in [3.05, 3.63) is 23.8 Å². The van der Waals surface area contributed by atoms with Crippen molar-refractivity contribution in [2.45, 2.75) is 19.4 Å². The zero-order valence-electron chi connectivity index (χ0n) is 13.3. The van der Waals surface area contributed by atoms with Gasteiger partial charge in [0.1, 0.15) is 24.1 Å². The first kappa shape index (κ1) is 17.3. The number of rotatable bonds is 7. The smallest absolute Gasteiger partial charge is 0.130 e. The van der Waals surface area contributed by atoms with Crippen LogP contribution in [0.15, 0.2) is 23.3 Å². The molecule has 1 atom stereocenters. The number of likely N-dealkylation sites (N-methyl/N-ethyl adjacent to an activating group) is 1. The van der Waals surface area contributed by atoms with Crippen LogP contribution in [0.5, 0.6) is 11.5 Å². The highest BCUT2D eigenvalue weighted by atomic mass is 16.5. The molecule has 0 spiro atoms. The van der Waals surface area contributed by atoms with E-state index >= 15 is 0 Å². The fourth-order valence-electron chi connectivity index (χ4n) is 1.96. The number of benzene rings is 1. The molecule has 0 amide bonds. The molecule has 0 aliphatic heterocycles. The quantitative estimate of drug-likeness (QED) is 0.345. The lowest BCUT2D eigenvalue weighted by Gasteiger charge is -2.27. The van der Waals surface area contributed by atoms with Gasteiger partial charge >= 0.3 is 0 Å². The predicted molar refractivity (Wildman–Crippen MR) is 79.4 cm³/mol. The number of nitrogens with zero attached hydrogens (tertiary/aromatic N) is 2. The van der Waals surface area contributed by atoms with Gasteiger partial charge in [0, 0.05) is 11.6 Å². The van der Waals surface area contributed by atoms with Gasteiger partial charge < -0.3 is 19.7 Å². The Morgan fingerprint density at radius 1 is 1.33 bits per heavy atom. The maximum Gasteiger partial charge on any atom is 0.130 e. The van der Waals surface area contributed by atoms with E-state index in [2.05, 4.69) is 5.10 Å². The van der Waals surface area contributed by atoms with Crippen molar-refractivity contribution in [1.82, 2.24) is 0 Å². The van der Waals surface area contributed by atoms with Gasteiger partial charge in [-0.25, -0.2) is 4.59 Å². The molecule has 0 fully saturated rings. The maximum atomic E-state index is 12.3. The minimum absolute atomic E-state index is 0.0586. The molecule has 6 heteroatoms. The lowest BCUT2D eigenvalue weighted by molar-refractivity contribution is -0.901. The van der Waals surface area contributed by atoms with Gasteiger partial charge in [-0.05, 0) is 18.6 Å². The SMILES string of the molecule is CCC(O)C[N+](C)(C)/N=C(\[O-])c1ccc(OC)cc1OC. The van der Waals surface area contributed by atoms with E-state index in [0.29, 0.717) is 30.0 Å². The molecule has 1 rings (SSSR count). The molecule has 0 heterocycles.